The zero-order chi connectivity index (χ0) is 68.7. The number of rotatable bonds is 2. The van der Waals surface area contributed by atoms with Crippen LogP contribution in [0.15, 0.2) is 303 Å². The molecule has 0 aliphatic carbocycles. The third-order valence-corrected chi connectivity index (χ3v) is 17.5. The van der Waals surface area contributed by atoms with Gasteiger partial charge in [0.05, 0.1) is 0 Å². The summed E-state index contributed by atoms with van der Waals surface area (Å²) >= 11 is 0. The van der Waals surface area contributed by atoms with Crippen molar-refractivity contribution in [2.75, 3.05) is 0 Å². The molecule has 0 spiro atoms. The Kier molecular flexibility index (Phi) is 26.2. The molecule has 0 atom stereocenters. The monoisotopic (exact) mass is 1250 g/mol. The summed E-state index contributed by atoms with van der Waals surface area (Å²) in [4.78, 5) is 0. The van der Waals surface area contributed by atoms with Gasteiger partial charge in [-0.15, -0.1) is 0 Å². The van der Waals surface area contributed by atoms with E-state index in [0.29, 0.717) is 0 Å². The van der Waals surface area contributed by atoms with E-state index in [1.807, 2.05) is 6.07 Å². The summed E-state index contributed by atoms with van der Waals surface area (Å²) in [5, 5.41) is 13.7. The van der Waals surface area contributed by atoms with Crippen LogP contribution in [0.5, 0.6) is 0 Å². The first-order chi connectivity index (χ1) is 46.2. The van der Waals surface area contributed by atoms with Crippen LogP contribution in [0.2, 0.25) is 0 Å². The minimum absolute atomic E-state index is 1.29. The van der Waals surface area contributed by atoms with Gasteiger partial charge in [-0.3, -0.25) is 0 Å². The number of hydrogen-bond acceptors (Lipinski definition) is 0. The van der Waals surface area contributed by atoms with Crippen LogP contribution in [0.3, 0.4) is 0 Å². The molecule has 0 heterocycles. The highest BCUT2D eigenvalue weighted by atomic mass is 14.1. The molecular weight excluding hydrogens is 1150 g/mol. The van der Waals surface area contributed by atoms with Gasteiger partial charge in [-0.25, -0.2) is 0 Å². The van der Waals surface area contributed by atoms with Crippen molar-refractivity contribution in [1.29, 1.82) is 0 Å². The lowest BCUT2D eigenvalue weighted by Crippen LogP contribution is -1.87. The van der Waals surface area contributed by atoms with Crippen molar-refractivity contribution in [3.8, 4) is 22.3 Å². The fourth-order valence-corrected chi connectivity index (χ4v) is 12.0. The van der Waals surface area contributed by atoms with E-state index in [-0.39, 0.29) is 0 Å². The molecule has 0 unspecified atom stereocenters. The summed E-state index contributed by atoms with van der Waals surface area (Å²) in [5.41, 5.74) is 26.6. The summed E-state index contributed by atoms with van der Waals surface area (Å²) in [6.45, 7) is 34.2. The molecule has 15 rings (SSSR count). The van der Waals surface area contributed by atoms with Crippen LogP contribution in [0, 0.1) is 111 Å². The van der Waals surface area contributed by atoms with Crippen LogP contribution in [0.25, 0.3) is 76.1 Å². The van der Waals surface area contributed by atoms with Crippen molar-refractivity contribution in [3.63, 3.8) is 0 Å². The third kappa shape index (κ3) is 20.8. The van der Waals surface area contributed by atoms with E-state index in [9.17, 15) is 0 Å². The Morgan fingerprint density at radius 2 is 0.385 bits per heavy atom. The van der Waals surface area contributed by atoms with Crippen molar-refractivity contribution >= 4 is 53.9 Å². The van der Waals surface area contributed by atoms with Gasteiger partial charge < -0.3 is 0 Å². The third-order valence-electron chi connectivity index (χ3n) is 17.5. The molecular formula is C96H98. The molecule has 0 aliphatic heterocycles. The van der Waals surface area contributed by atoms with Gasteiger partial charge in [0.2, 0.25) is 0 Å². The Hall–Kier alpha value is -10.4. The topological polar surface area (TPSA) is 0 Å². The van der Waals surface area contributed by atoms with E-state index in [0.717, 1.165) is 0 Å². The van der Waals surface area contributed by atoms with Crippen LogP contribution >= 0.6 is 0 Å². The second-order valence-electron chi connectivity index (χ2n) is 26.0. The van der Waals surface area contributed by atoms with Crippen molar-refractivity contribution in [2.45, 2.75) is 111 Å². The minimum atomic E-state index is 1.29. The quantitative estimate of drug-likeness (QED) is 0.151. The molecule has 482 valence electrons. The molecule has 0 heteroatoms. The van der Waals surface area contributed by atoms with Crippen LogP contribution in [-0.2, 0) is 0 Å². The second-order valence-corrected chi connectivity index (χ2v) is 26.0. The van der Waals surface area contributed by atoms with Gasteiger partial charge in [0.15, 0.2) is 0 Å². The molecule has 0 nitrogen and oxygen atoms in total. The molecule has 0 amide bonds. The molecule has 0 aliphatic rings. The second kappa shape index (κ2) is 35.2. The molecule has 0 saturated carbocycles. The zero-order valence-corrected chi connectivity index (χ0v) is 59.9. The molecule has 15 aromatic rings. The zero-order valence-electron chi connectivity index (χ0n) is 59.9. The van der Waals surface area contributed by atoms with E-state index in [4.69, 9.17) is 0 Å². The standard InChI is InChI=1S/C16H14.2C14H14.3C12H12.2C8H10/c1-11-13-7-3-5-9-15(13)12(2)16-10-6-4-8-14(11)16;1-11-3-7-13(8-4-11)14-9-5-12(2)6-10-14;1-11-8-12(2)10-14(9-11)13-6-4-3-5-7-13;1-9-3-5-12-8-10(2)4-6-11(12)7-9;1-9-5-3-8-12-10(2)6-4-7-11(9)12;1-9-7-8-10(2)12-6-4-3-5-11(9)12;1-7-3-5-8(2)6-4-7;1-7-4-3-5-8(2)6-7/h3-10H,1-2H3;2*3-10H,1-2H3;3*3-8H,1-2H3;2*3-6H,1-2H3. The predicted octanol–water partition coefficient (Wildman–Crippen LogP) is 27.5. The lowest BCUT2D eigenvalue weighted by atomic mass is 9.93. The number of aryl methyl sites for hydroxylation is 16. The van der Waals surface area contributed by atoms with Crippen molar-refractivity contribution in [1.82, 2.24) is 0 Å². The Morgan fingerprint density at radius 3 is 0.719 bits per heavy atom. The van der Waals surface area contributed by atoms with Crippen molar-refractivity contribution in [3.05, 3.63) is 392 Å². The summed E-state index contributed by atoms with van der Waals surface area (Å²) in [6.07, 6.45) is 0. The Morgan fingerprint density at radius 1 is 0.135 bits per heavy atom. The Balaban J connectivity index is 0.000000142. The molecule has 0 aromatic heterocycles. The SMILES string of the molecule is Cc1c2ccccc2c(C)c2ccccc12.Cc1cc(C)cc(-c2ccccc2)c1.Cc1ccc(-c2ccc(C)cc2)cc1.Cc1ccc(C)c2ccccc12.Cc1ccc(C)cc1.Cc1ccc2cc(C)ccc2c1.Cc1cccc(C)c1.Cc1cccc2c(C)cccc12. The highest BCUT2D eigenvalue weighted by Gasteiger charge is 2.07. The van der Waals surface area contributed by atoms with E-state index in [2.05, 4.69) is 408 Å². The van der Waals surface area contributed by atoms with Crippen LogP contribution < -0.4 is 0 Å². The molecule has 0 radical (unpaired) electrons. The van der Waals surface area contributed by atoms with Gasteiger partial charge in [-0.2, -0.15) is 0 Å². The highest BCUT2D eigenvalue weighted by Crippen LogP contribution is 2.32. The van der Waals surface area contributed by atoms with Crippen molar-refractivity contribution < 1.29 is 0 Å². The molecule has 0 saturated heterocycles. The first kappa shape index (κ1) is 71.4. The van der Waals surface area contributed by atoms with Gasteiger partial charge in [0.25, 0.3) is 0 Å². The first-order valence-corrected chi connectivity index (χ1v) is 33.8. The first-order valence-electron chi connectivity index (χ1n) is 33.8. The Labute approximate surface area is 575 Å². The van der Waals surface area contributed by atoms with Gasteiger partial charge in [0.1, 0.15) is 0 Å². The predicted molar refractivity (Wildman–Crippen MR) is 426 cm³/mol. The largest absolute Gasteiger partial charge is 0.0622 e. The van der Waals surface area contributed by atoms with E-state index >= 15 is 0 Å². The van der Waals surface area contributed by atoms with E-state index in [1.165, 1.54) is 165 Å². The van der Waals surface area contributed by atoms with Gasteiger partial charge >= 0.3 is 0 Å². The lowest BCUT2D eigenvalue weighted by molar-refractivity contribution is 1.38. The van der Waals surface area contributed by atoms with Gasteiger partial charge in [-0.1, -0.05) is 359 Å². The number of benzene rings is 15. The molecule has 96 heavy (non-hydrogen) atoms. The van der Waals surface area contributed by atoms with Crippen LogP contribution in [0.1, 0.15) is 89.0 Å². The maximum absolute atomic E-state index is 2.22. The summed E-state index contributed by atoms with van der Waals surface area (Å²) in [7, 11) is 0. The fraction of sp³-hybridized carbons (Fsp3) is 0.167. The Bertz CT molecular complexity index is 4570. The minimum Gasteiger partial charge on any atom is -0.0622 e. The molecule has 0 fully saturated rings. The highest BCUT2D eigenvalue weighted by molar-refractivity contribution is 6.05. The average Bonchev–Trinajstić information content (AvgIpc) is 0.769. The fourth-order valence-electron chi connectivity index (χ4n) is 12.0. The van der Waals surface area contributed by atoms with Crippen LogP contribution in [0.4, 0.5) is 0 Å². The smallest absolute Gasteiger partial charge is 0.0146 e. The van der Waals surface area contributed by atoms with Crippen LogP contribution in [-0.4, -0.2) is 0 Å². The number of hydrogen-bond donors (Lipinski definition) is 0. The molecule has 0 N–H and O–H groups in total. The average molecular weight is 1250 g/mol. The lowest BCUT2D eigenvalue weighted by Gasteiger charge is -2.11. The normalized spacial score (nSPS) is 10.3. The van der Waals surface area contributed by atoms with E-state index in [1.54, 1.807) is 0 Å². The molecule has 0 bridgehead atoms. The number of fused-ring (bicyclic) bond motifs is 5. The van der Waals surface area contributed by atoms with E-state index < -0.39 is 0 Å². The summed E-state index contributed by atoms with van der Waals surface area (Å²) < 4.78 is 0. The summed E-state index contributed by atoms with van der Waals surface area (Å²) in [5.74, 6) is 0. The molecule has 15 aromatic carbocycles. The van der Waals surface area contributed by atoms with Gasteiger partial charge in [0, 0.05) is 0 Å². The maximum atomic E-state index is 2.22. The van der Waals surface area contributed by atoms with Gasteiger partial charge in [-0.05, 0) is 220 Å². The van der Waals surface area contributed by atoms with Crippen molar-refractivity contribution in [2.24, 2.45) is 0 Å². The summed E-state index contributed by atoms with van der Waals surface area (Å²) in [6, 6.07) is 108. The maximum Gasteiger partial charge on any atom is -0.0146 e.